The molecule has 2 aromatic rings. The maximum absolute atomic E-state index is 14.7. The molecule has 2 aliphatic heterocycles. The van der Waals surface area contributed by atoms with Crippen molar-refractivity contribution in [3.63, 3.8) is 0 Å². The van der Waals surface area contributed by atoms with Crippen molar-refractivity contribution in [2.45, 2.75) is 148 Å². The van der Waals surface area contributed by atoms with Crippen LogP contribution in [0.4, 0.5) is 4.79 Å². The molecule has 300 valence electrons. The number of carbonyl (C=O) groups excluding carboxylic acids is 3. The summed E-state index contributed by atoms with van der Waals surface area (Å²) in [5, 5.41) is 6.33. The van der Waals surface area contributed by atoms with E-state index in [9.17, 15) is 14.4 Å². The maximum Gasteiger partial charge on any atom is 0.407 e. The molecule has 2 aliphatic rings. The number of amides is 3. The zero-order valence-corrected chi connectivity index (χ0v) is 36.0. The van der Waals surface area contributed by atoms with Gasteiger partial charge in [-0.25, -0.2) is 4.79 Å². The zero-order valence-electron chi connectivity index (χ0n) is 35.0. The summed E-state index contributed by atoms with van der Waals surface area (Å²) >= 11 is 0. The molecule has 2 aromatic carbocycles. The van der Waals surface area contributed by atoms with Gasteiger partial charge in [0.05, 0.1) is 12.1 Å². The lowest BCUT2D eigenvalue weighted by Crippen LogP contribution is -2.57. The third kappa shape index (κ3) is 12.9. The molecule has 2 fully saturated rings. The highest BCUT2D eigenvalue weighted by molar-refractivity contribution is 6.74. The molecule has 4 unspecified atom stereocenters. The van der Waals surface area contributed by atoms with E-state index in [0.717, 1.165) is 37.1 Å². The fraction of sp³-hybridized carbons (Fsp3) is 0.659. The first-order valence-corrected chi connectivity index (χ1v) is 23.3. The molecule has 2 saturated heterocycles. The second kappa shape index (κ2) is 19.1. The van der Waals surface area contributed by atoms with Crippen LogP contribution >= 0.6 is 0 Å². The van der Waals surface area contributed by atoms with E-state index in [-0.39, 0.29) is 22.8 Å². The highest BCUT2D eigenvalue weighted by Gasteiger charge is 2.43. The van der Waals surface area contributed by atoms with Gasteiger partial charge < -0.3 is 29.6 Å². The summed E-state index contributed by atoms with van der Waals surface area (Å²) in [5.41, 5.74) is 1.39. The van der Waals surface area contributed by atoms with Crippen molar-refractivity contribution in [2.24, 2.45) is 11.8 Å². The van der Waals surface area contributed by atoms with E-state index >= 15 is 0 Å². The molecular formula is C44H70N4O5Si. The molecular weight excluding hydrogens is 693 g/mol. The summed E-state index contributed by atoms with van der Waals surface area (Å²) in [6, 6.07) is 19.5. The first kappa shape index (κ1) is 43.5. The SMILES string of the molecule is CC(C)C(NC(=O)C(Cc1ccccc1)CC(O[Si](C)(C)C(C)(C)C)C(Cc1ccccc1)NC(=O)OC(C)(C)C)C(=O)N1CCC(N2CCCC2)CC1. The van der Waals surface area contributed by atoms with Gasteiger partial charge in [0.2, 0.25) is 11.8 Å². The smallest absolute Gasteiger partial charge is 0.407 e. The minimum Gasteiger partial charge on any atom is -0.444 e. The van der Waals surface area contributed by atoms with Crippen LogP contribution in [-0.4, -0.2) is 92.0 Å². The first-order chi connectivity index (χ1) is 25.3. The molecule has 4 atom stereocenters. The van der Waals surface area contributed by atoms with Gasteiger partial charge in [-0.2, -0.15) is 0 Å². The standard InChI is InChI=1S/C44H70N4O5Si/c1-32(2)39(41(50)48-27-23-36(24-28-48)47-25-17-18-26-47)46-40(49)35(29-33-19-13-11-14-20-33)31-38(53-54(9,10)44(6,7)8)37(30-34-21-15-12-16-22-34)45-42(51)52-43(3,4)5/h11-16,19-22,32,35-39H,17-18,23-31H2,1-10H3,(H,45,51)(H,46,49). The fourth-order valence-corrected chi connectivity index (χ4v) is 8.82. The molecule has 2 N–H and O–H groups in total. The molecule has 0 saturated carbocycles. The quantitative estimate of drug-likeness (QED) is 0.179. The molecule has 54 heavy (non-hydrogen) atoms. The maximum atomic E-state index is 14.7. The molecule has 10 heteroatoms. The highest BCUT2D eigenvalue weighted by Crippen LogP contribution is 2.39. The molecule has 3 amide bonds. The zero-order chi connectivity index (χ0) is 39.7. The number of benzene rings is 2. The lowest BCUT2D eigenvalue weighted by molar-refractivity contribution is -0.140. The van der Waals surface area contributed by atoms with Gasteiger partial charge in [-0.3, -0.25) is 9.59 Å². The number of carbonyl (C=O) groups is 3. The summed E-state index contributed by atoms with van der Waals surface area (Å²) in [6.45, 7) is 24.3. The van der Waals surface area contributed by atoms with Crippen LogP contribution in [-0.2, 0) is 31.6 Å². The van der Waals surface area contributed by atoms with E-state index in [1.807, 2.05) is 100 Å². The van der Waals surface area contributed by atoms with Crippen molar-refractivity contribution in [1.29, 1.82) is 0 Å². The van der Waals surface area contributed by atoms with Crippen LogP contribution in [0.15, 0.2) is 60.7 Å². The Morgan fingerprint density at radius 2 is 1.33 bits per heavy atom. The molecule has 0 bridgehead atoms. The number of alkyl carbamates (subject to hydrolysis) is 1. The average Bonchev–Trinajstić information content (AvgIpc) is 3.64. The van der Waals surface area contributed by atoms with Crippen molar-refractivity contribution in [1.82, 2.24) is 20.4 Å². The van der Waals surface area contributed by atoms with Crippen LogP contribution < -0.4 is 10.6 Å². The predicted octanol–water partition coefficient (Wildman–Crippen LogP) is 7.99. The normalized spacial score (nSPS) is 18.5. The number of nitrogens with one attached hydrogen (secondary N) is 2. The van der Waals surface area contributed by atoms with Gasteiger partial charge in [-0.05, 0) is 114 Å². The Bertz CT molecular complexity index is 1480. The topological polar surface area (TPSA) is 100 Å². The van der Waals surface area contributed by atoms with Crippen molar-refractivity contribution >= 4 is 26.2 Å². The molecule has 2 heterocycles. The Kier molecular flexibility index (Phi) is 15.4. The van der Waals surface area contributed by atoms with Gasteiger partial charge in [-0.15, -0.1) is 0 Å². The molecule has 4 rings (SSSR count). The minimum absolute atomic E-state index is 0.000645. The lowest BCUT2D eigenvalue weighted by Gasteiger charge is -2.42. The largest absolute Gasteiger partial charge is 0.444 e. The molecule has 0 aliphatic carbocycles. The van der Waals surface area contributed by atoms with E-state index in [1.165, 1.54) is 12.8 Å². The second-order valence-corrected chi connectivity index (χ2v) is 23.3. The molecule has 9 nitrogen and oxygen atoms in total. The van der Waals surface area contributed by atoms with Gasteiger partial charge in [0.1, 0.15) is 11.6 Å². The minimum atomic E-state index is -2.43. The second-order valence-electron chi connectivity index (χ2n) is 18.5. The highest BCUT2D eigenvalue weighted by atomic mass is 28.4. The number of rotatable bonds is 15. The van der Waals surface area contributed by atoms with Gasteiger partial charge in [0.15, 0.2) is 8.32 Å². The van der Waals surface area contributed by atoms with Crippen LogP contribution in [0, 0.1) is 11.8 Å². The monoisotopic (exact) mass is 763 g/mol. The van der Waals surface area contributed by atoms with Crippen molar-refractivity contribution in [3.05, 3.63) is 71.8 Å². The van der Waals surface area contributed by atoms with Crippen molar-refractivity contribution in [3.8, 4) is 0 Å². The Balaban J connectivity index is 1.65. The Morgan fingerprint density at radius 1 is 0.796 bits per heavy atom. The Labute approximate surface area is 327 Å². The number of nitrogens with zero attached hydrogens (tertiary/aromatic N) is 2. The van der Waals surface area contributed by atoms with Crippen LogP contribution in [0.1, 0.15) is 98.6 Å². The van der Waals surface area contributed by atoms with E-state index in [2.05, 4.69) is 49.4 Å². The number of likely N-dealkylation sites (tertiary alicyclic amines) is 2. The first-order valence-electron chi connectivity index (χ1n) is 20.4. The van der Waals surface area contributed by atoms with Crippen molar-refractivity contribution < 1.29 is 23.5 Å². The third-order valence-corrected chi connectivity index (χ3v) is 16.1. The summed E-state index contributed by atoms with van der Waals surface area (Å²) in [5.74, 6) is -0.790. The van der Waals surface area contributed by atoms with E-state index < -0.39 is 44.1 Å². The number of hydrogen-bond donors (Lipinski definition) is 2. The van der Waals surface area contributed by atoms with Crippen LogP contribution in [0.2, 0.25) is 18.1 Å². The van der Waals surface area contributed by atoms with Crippen LogP contribution in [0.5, 0.6) is 0 Å². The third-order valence-electron chi connectivity index (χ3n) is 11.6. The summed E-state index contributed by atoms with van der Waals surface area (Å²) < 4.78 is 13.0. The molecule has 0 aromatic heterocycles. The summed E-state index contributed by atoms with van der Waals surface area (Å²) in [6.07, 6.45) is 4.75. The van der Waals surface area contributed by atoms with Crippen LogP contribution in [0.3, 0.4) is 0 Å². The fourth-order valence-electron chi connectivity index (χ4n) is 7.45. The number of piperidine rings is 1. The van der Waals surface area contributed by atoms with Crippen LogP contribution in [0.25, 0.3) is 0 Å². The summed E-state index contributed by atoms with van der Waals surface area (Å²) in [7, 11) is -2.43. The molecule has 0 spiro atoms. The van der Waals surface area contributed by atoms with E-state index in [4.69, 9.17) is 9.16 Å². The molecule has 0 radical (unpaired) electrons. The van der Waals surface area contributed by atoms with Gasteiger partial charge in [0.25, 0.3) is 0 Å². The van der Waals surface area contributed by atoms with E-state index in [0.29, 0.717) is 38.4 Å². The number of ether oxygens (including phenoxy) is 1. The predicted molar refractivity (Wildman–Crippen MR) is 221 cm³/mol. The number of hydrogen-bond acceptors (Lipinski definition) is 6. The van der Waals surface area contributed by atoms with Crippen molar-refractivity contribution in [2.75, 3.05) is 26.2 Å². The Morgan fingerprint density at radius 3 is 1.83 bits per heavy atom. The lowest BCUT2D eigenvalue weighted by atomic mass is 9.88. The summed E-state index contributed by atoms with van der Waals surface area (Å²) in [4.78, 5) is 46.9. The van der Waals surface area contributed by atoms with Gasteiger partial charge >= 0.3 is 6.09 Å². The van der Waals surface area contributed by atoms with Gasteiger partial charge in [-0.1, -0.05) is 95.3 Å². The van der Waals surface area contributed by atoms with Gasteiger partial charge in [0, 0.05) is 25.0 Å². The average molecular weight is 763 g/mol. The van der Waals surface area contributed by atoms with E-state index in [1.54, 1.807) is 0 Å². The Hall–Kier alpha value is -3.21.